The quantitative estimate of drug-likeness (QED) is 0.0213. The van der Waals surface area contributed by atoms with Crippen molar-refractivity contribution in [2.24, 2.45) is 5.92 Å². The van der Waals surface area contributed by atoms with Crippen molar-refractivity contribution in [1.82, 2.24) is 41.5 Å². The lowest BCUT2D eigenvalue weighted by atomic mass is 9.90. The summed E-state index contributed by atoms with van der Waals surface area (Å²) in [4.78, 5) is 130. The molecule has 5 heterocycles. The molecule has 49 heteroatoms. The number of nitrogens with two attached hydrogens (primary N) is 1. The summed E-state index contributed by atoms with van der Waals surface area (Å²) in [5, 5.41) is 117. The third-order valence-corrected chi connectivity index (χ3v) is 21.5. The molecule has 4 fully saturated rings. The molecule has 5 rings (SSSR count). The van der Waals surface area contributed by atoms with Gasteiger partial charge in [0.05, 0.1) is 164 Å². The molecule has 0 spiro atoms. The predicted octanol–water partition coefficient (Wildman–Crippen LogP) is -6.70. The van der Waals surface area contributed by atoms with Gasteiger partial charge in [-0.25, -0.2) is 4.79 Å². The standard InChI is InChI=1S/C77H134N9O38PS/c1-48(90)81-64-70(101)67(98)56(41-87)122-74(64)116-36-33-110-24-21-107-27-30-113-44-52(93)14-8-6-7-13-51(73(104)80-18-10-4-5-12-20-119-125(106,126)120-45-59-55(95)40-63(121-59)86-19-16-60(78)85-77(86)105)39-54(94)53(84-62(97)47-115-32-29-109-23-26-112-35-38-118-76-66(83-50(3)92)72(103)69(100)58(43-89)124-76)15-9-11-17-79-61(96)46-114-31-28-108-22-25-111-34-37-117-75-65(82-49(2)91)71(102)68(99)57(42-88)123-75/h16,19,51,53,55-59,63-72,74-76,87-89,95,98-103H,4-15,17-18,20-47H2,1-3H3,(H,79,96)(H,80,104)(H,81,90)(H,82,91)(H,83,92)(H,84,97)(H,106,126)(H2,78,85,105)/t51?,53-,55-,56+,57+,58+,59+,63+,64+,65+,66+,67-,68-,69-,70+,71+,72+,74+,75+,76+,125?/m0/s1. The maximum Gasteiger partial charge on any atom is 0.351 e. The largest absolute Gasteiger partial charge is 0.394 e. The van der Waals surface area contributed by atoms with E-state index in [2.05, 4.69) is 36.9 Å². The van der Waals surface area contributed by atoms with Gasteiger partial charge in [0, 0.05) is 65.2 Å². The number of carbonyl (C=O) groups is 8. The second kappa shape index (κ2) is 63.4. The number of aliphatic hydroxyl groups is 10. The maximum atomic E-state index is 14.5. The van der Waals surface area contributed by atoms with Gasteiger partial charge in [0.2, 0.25) is 35.4 Å². The first-order valence-corrected chi connectivity index (χ1v) is 45.0. The molecule has 21 atom stereocenters. The molecule has 19 N–H and O–H groups in total. The second-order valence-corrected chi connectivity index (χ2v) is 32.8. The van der Waals surface area contributed by atoms with Crippen LogP contribution in [0.1, 0.15) is 117 Å². The third-order valence-electron chi connectivity index (χ3n) is 19.9. The van der Waals surface area contributed by atoms with Crippen LogP contribution in [-0.2, 0) is 135 Å². The highest BCUT2D eigenvalue weighted by Crippen LogP contribution is 2.45. The molecule has 726 valence electrons. The highest BCUT2D eigenvalue weighted by Gasteiger charge is 2.48. The van der Waals surface area contributed by atoms with Crippen LogP contribution in [0.25, 0.3) is 0 Å². The van der Waals surface area contributed by atoms with Gasteiger partial charge in [0.15, 0.2) is 30.4 Å². The van der Waals surface area contributed by atoms with Gasteiger partial charge in [-0.05, 0) is 62.8 Å². The number of unbranched alkanes of at least 4 members (excludes halogenated alkanes) is 6. The van der Waals surface area contributed by atoms with Crippen molar-refractivity contribution < 1.29 is 179 Å². The number of carbonyl (C=O) groups excluding carboxylic acids is 8. The molecular formula is C77H134N9O38PS. The van der Waals surface area contributed by atoms with Crippen LogP contribution in [0, 0.1) is 5.92 Å². The summed E-state index contributed by atoms with van der Waals surface area (Å²) < 4.78 is 101. The van der Waals surface area contributed by atoms with Crippen molar-refractivity contribution in [1.29, 1.82) is 0 Å². The van der Waals surface area contributed by atoms with E-state index in [-0.39, 0.29) is 202 Å². The Morgan fingerprint density at radius 2 is 0.913 bits per heavy atom. The maximum absolute atomic E-state index is 14.5. The summed E-state index contributed by atoms with van der Waals surface area (Å²) in [5.41, 5.74) is 4.92. The first-order valence-electron chi connectivity index (χ1n) is 42.4. The van der Waals surface area contributed by atoms with Crippen molar-refractivity contribution in [3.05, 3.63) is 22.7 Å². The number of nitrogens with zero attached hydrogens (tertiary/aromatic N) is 2. The number of ether oxygens (including phenoxy) is 16. The van der Waals surface area contributed by atoms with Crippen molar-refractivity contribution in [2.45, 2.75) is 227 Å². The minimum Gasteiger partial charge on any atom is -0.394 e. The molecule has 4 saturated heterocycles. The van der Waals surface area contributed by atoms with Crippen molar-refractivity contribution in [3.63, 3.8) is 0 Å². The Labute approximate surface area is 735 Å². The minimum atomic E-state index is -3.79. The number of aromatic nitrogens is 2. The predicted molar refractivity (Wildman–Crippen MR) is 439 cm³/mol. The van der Waals surface area contributed by atoms with Gasteiger partial charge >= 0.3 is 12.4 Å². The van der Waals surface area contributed by atoms with E-state index >= 15 is 0 Å². The van der Waals surface area contributed by atoms with Crippen molar-refractivity contribution in [2.75, 3.05) is 191 Å². The Morgan fingerprint density at radius 1 is 0.500 bits per heavy atom. The van der Waals surface area contributed by atoms with Crippen LogP contribution in [0.2, 0.25) is 0 Å². The highest BCUT2D eigenvalue weighted by atomic mass is 32.5. The fourth-order valence-electron chi connectivity index (χ4n) is 13.3. The van der Waals surface area contributed by atoms with E-state index in [0.29, 0.717) is 57.8 Å². The van der Waals surface area contributed by atoms with Crippen LogP contribution in [0.4, 0.5) is 5.82 Å². The van der Waals surface area contributed by atoms with E-state index in [0.717, 1.165) is 0 Å². The number of Topliss-reactive ketones (excluding diaryl/α,β-unsaturated/α-hetero) is 2. The first-order chi connectivity index (χ1) is 60.5. The van der Waals surface area contributed by atoms with Crippen molar-refractivity contribution in [3.8, 4) is 0 Å². The molecule has 0 bridgehead atoms. The zero-order chi connectivity index (χ0) is 92.2. The number of hydrogen-bond acceptors (Lipinski definition) is 40. The average Bonchev–Trinajstić information content (AvgIpc) is 1.36. The number of nitrogen functional groups attached to an aromatic ring is 1. The van der Waals surface area contributed by atoms with Crippen LogP contribution in [0.5, 0.6) is 0 Å². The van der Waals surface area contributed by atoms with Crippen LogP contribution >= 0.6 is 6.72 Å². The number of ketones is 2. The monoisotopic (exact) mass is 1860 g/mol. The summed E-state index contributed by atoms with van der Waals surface area (Å²) in [7, 11) is 0. The highest BCUT2D eigenvalue weighted by molar-refractivity contribution is 8.07. The lowest BCUT2D eigenvalue weighted by Crippen LogP contribution is -2.64. The van der Waals surface area contributed by atoms with Gasteiger partial charge in [0.1, 0.15) is 111 Å². The summed E-state index contributed by atoms with van der Waals surface area (Å²) in [5.74, 6) is -4.49. The molecule has 4 aliphatic heterocycles. The van der Waals surface area contributed by atoms with E-state index in [9.17, 15) is 99.1 Å². The molecule has 0 aromatic carbocycles. The first kappa shape index (κ1) is 111. The molecule has 47 nitrogen and oxygen atoms in total. The van der Waals surface area contributed by atoms with Gasteiger partial charge in [-0.2, -0.15) is 4.98 Å². The van der Waals surface area contributed by atoms with Crippen molar-refractivity contribution >= 4 is 71.4 Å². The molecule has 2 unspecified atom stereocenters. The normalized spacial score (nSPS) is 25.9. The molecule has 126 heavy (non-hydrogen) atoms. The number of nitrogens with one attached hydrogen (secondary N) is 6. The fraction of sp³-hybridized carbons (Fsp3) is 0.844. The smallest absolute Gasteiger partial charge is 0.351 e. The second-order valence-electron chi connectivity index (χ2n) is 30.0. The van der Waals surface area contributed by atoms with Crippen LogP contribution < -0.4 is 43.3 Å². The van der Waals surface area contributed by atoms with E-state index in [1.807, 2.05) is 0 Å². The zero-order valence-electron chi connectivity index (χ0n) is 71.7. The Kier molecular flexibility index (Phi) is 55.8. The fourth-order valence-corrected chi connectivity index (χ4v) is 14.5. The summed E-state index contributed by atoms with van der Waals surface area (Å²) in [6, 6.07) is -3.03. The van der Waals surface area contributed by atoms with E-state index in [1.165, 1.54) is 37.6 Å². The van der Waals surface area contributed by atoms with E-state index in [4.69, 9.17) is 102 Å². The van der Waals surface area contributed by atoms with Gasteiger partial charge < -0.3 is 178 Å². The van der Waals surface area contributed by atoms with Crippen LogP contribution in [-0.4, -0.2) is 408 Å². The number of aliphatic hydroxyl groups excluding tert-OH is 10. The van der Waals surface area contributed by atoms with E-state index < -0.39 is 202 Å². The number of hydrogen-bond donors (Lipinski definition) is 18. The lowest BCUT2D eigenvalue weighted by molar-refractivity contribution is -0.272. The summed E-state index contributed by atoms with van der Waals surface area (Å²) >= 11 is 5.19. The molecular weight excluding hydrogens is 1720 g/mol. The Morgan fingerprint density at radius 3 is 1.37 bits per heavy atom. The Balaban J connectivity index is 1.09. The van der Waals surface area contributed by atoms with Crippen LogP contribution in [0.3, 0.4) is 0 Å². The van der Waals surface area contributed by atoms with E-state index in [1.54, 1.807) is 0 Å². The number of rotatable bonds is 70. The van der Waals surface area contributed by atoms with Gasteiger partial charge in [-0.3, -0.25) is 42.9 Å². The SMILES string of the molecule is CC(=O)N[C@H]1[C@H](OCCOCCOCCOCC(=O)CCCCCC(CC(=O)[C@H](CCCCNC(=O)COCCOCCOCCO[C@@H]2O[C@H](CO)[C@H](O)[C@H](O)[C@H]2NC(C)=O)NC(=O)COCCOCCOCCO[C@@H]2O[C@H](CO)[C@H](O)[C@H](O)[C@H]2NC(C)=O)C(=O)NCCCCCCOP(O)(=S)OC[C@H]2O[C@@H](n3ccc(N)nc3=O)C[C@@H]2O)O[C@H](CO)[C@H](O)[C@@H]1O. The van der Waals surface area contributed by atoms with Gasteiger partial charge in [-0.15, -0.1) is 0 Å². The zero-order valence-corrected chi connectivity index (χ0v) is 73.4. The molecule has 4 aliphatic rings. The molecule has 0 aliphatic carbocycles. The Bertz CT molecular complexity index is 3400. The molecule has 0 radical (unpaired) electrons. The molecule has 1 aromatic heterocycles. The summed E-state index contributed by atoms with van der Waals surface area (Å²) in [6.07, 6.45) is -12.9. The number of amides is 6. The van der Waals surface area contributed by atoms with Gasteiger partial charge in [-0.1, -0.05) is 25.7 Å². The molecule has 6 amide bonds. The Hall–Kier alpha value is -5.67. The lowest BCUT2D eigenvalue weighted by Gasteiger charge is -2.42. The molecule has 1 aromatic rings. The molecule has 0 saturated carbocycles. The number of anilines is 1. The average molecular weight is 1860 g/mol. The van der Waals surface area contributed by atoms with Crippen LogP contribution in [0.15, 0.2) is 17.1 Å². The minimum absolute atomic E-state index is 0.0190. The third kappa shape index (κ3) is 43.6. The summed E-state index contributed by atoms with van der Waals surface area (Å²) in [6.45, 7) is -1.52. The topological polar surface area (TPSA) is 658 Å². The van der Waals surface area contributed by atoms with Gasteiger partial charge in [0.25, 0.3) is 0 Å².